The normalized spacial score (nSPS) is 28.5. The predicted octanol–water partition coefficient (Wildman–Crippen LogP) is 4.83. The van der Waals surface area contributed by atoms with Crippen LogP contribution in [0.3, 0.4) is 0 Å². The first-order valence-corrected chi connectivity index (χ1v) is 35.2. The molecule has 14 atom stereocenters. The third kappa shape index (κ3) is 23.0. The van der Waals surface area contributed by atoms with Crippen molar-refractivity contribution in [3.05, 3.63) is 0 Å². The number of amides is 9. The van der Waals surface area contributed by atoms with Gasteiger partial charge in [0.15, 0.2) is 17.6 Å². The van der Waals surface area contributed by atoms with E-state index in [1.807, 2.05) is 48.5 Å². The molecule has 9 amide bonds. The second-order valence-corrected chi connectivity index (χ2v) is 29.3. The van der Waals surface area contributed by atoms with Crippen LogP contribution in [0.4, 0.5) is 0 Å². The van der Waals surface area contributed by atoms with Crippen LogP contribution < -0.4 is 10.6 Å². The Morgan fingerprint density at radius 2 is 1.06 bits per heavy atom. The number of aliphatic hydroxyl groups is 1. The molecule has 3 rings (SSSR count). The van der Waals surface area contributed by atoms with E-state index in [0.717, 1.165) is 31.1 Å². The zero-order valence-electron chi connectivity index (χ0n) is 61.9. The van der Waals surface area contributed by atoms with Gasteiger partial charge < -0.3 is 54.6 Å². The average molecular weight is 1350 g/mol. The number of nitrogens with zero attached hydrogens (tertiary/aromatic N) is 8. The highest BCUT2D eigenvalue weighted by Gasteiger charge is 2.55. The maximum Gasteiger partial charge on any atom is 0.270 e. The number of ketones is 2. The number of hydrogen-bond acceptors (Lipinski definition) is 16. The van der Waals surface area contributed by atoms with Crippen LogP contribution in [0.1, 0.15) is 181 Å². The Morgan fingerprint density at radius 3 is 1.59 bits per heavy atom. The van der Waals surface area contributed by atoms with Gasteiger partial charge in [-0.25, -0.2) is 5.06 Å². The van der Waals surface area contributed by atoms with E-state index in [4.69, 9.17) is 14.3 Å². The quantitative estimate of drug-likeness (QED) is 0.130. The minimum Gasteiger partial charge on any atom is -0.396 e. The van der Waals surface area contributed by atoms with E-state index in [9.17, 15) is 38.7 Å². The molecule has 3 N–H and O–H groups in total. The lowest BCUT2D eigenvalue weighted by molar-refractivity contribution is -0.322. The number of fused-ring (bicyclic) bond motifs is 1. The molecule has 0 aromatic heterocycles. The van der Waals surface area contributed by atoms with Crippen molar-refractivity contribution in [1.82, 2.24) is 50.0 Å². The van der Waals surface area contributed by atoms with Crippen LogP contribution in [0.15, 0.2) is 0 Å². The van der Waals surface area contributed by atoms with Crippen LogP contribution in [-0.4, -0.2) is 264 Å². The topological polar surface area (TPSA) is 286 Å². The molecule has 0 bridgehead atoms. The number of aliphatic hydroxyl groups excluding tert-OH is 1. The first-order chi connectivity index (χ1) is 44.4. The maximum atomic E-state index is 15.2. The number of unbranched alkanes of at least 4 members (excludes halogenated alkanes) is 2. The summed E-state index contributed by atoms with van der Waals surface area (Å²) in [4.78, 5) is 180. The summed E-state index contributed by atoms with van der Waals surface area (Å²) in [6.45, 7) is 32.2. The van der Waals surface area contributed by atoms with Gasteiger partial charge in [-0.3, -0.25) is 62.5 Å². The fourth-order valence-electron chi connectivity index (χ4n) is 13.2. The number of Topliss-reactive ketones (excluding diaryl/α,β-unsaturated/α-hetero) is 2. The lowest BCUT2D eigenvalue weighted by Crippen LogP contribution is -2.72. The molecule has 3 heterocycles. The minimum atomic E-state index is -1.31. The van der Waals surface area contributed by atoms with Gasteiger partial charge in [-0.2, -0.15) is 0 Å². The first-order valence-electron chi connectivity index (χ1n) is 35.2. The lowest BCUT2D eigenvalue weighted by atomic mass is 9.85. The second kappa shape index (κ2) is 39.1. The van der Waals surface area contributed by atoms with Crippen molar-refractivity contribution in [2.24, 2.45) is 47.3 Å². The van der Waals surface area contributed by atoms with Crippen LogP contribution in [-0.2, 0) is 67.1 Å². The second-order valence-electron chi connectivity index (χ2n) is 29.3. The molecule has 544 valence electrons. The first kappa shape index (κ1) is 83.6. The Morgan fingerprint density at radius 1 is 0.537 bits per heavy atom. The van der Waals surface area contributed by atoms with Gasteiger partial charge >= 0.3 is 0 Å². The predicted molar refractivity (Wildman–Crippen MR) is 362 cm³/mol. The Hall–Kier alpha value is -5.63. The molecule has 3 aliphatic heterocycles. The third-order valence-electron chi connectivity index (χ3n) is 19.5. The van der Waals surface area contributed by atoms with Crippen molar-refractivity contribution >= 4 is 64.7 Å². The molecule has 25 heteroatoms. The Kier molecular flexibility index (Phi) is 34.4. The number of carbonyl (C=O) groups is 11. The molecule has 95 heavy (non-hydrogen) atoms. The van der Waals surface area contributed by atoms with Gasteiger partial charge in [-0.15, -0.1) is 0 Å². The number of hydrogen-bond donors (Lipinski definition) is 3. The third-order valence-corrected chi connectivity index (χ3v) is 19.5. The number of carbonyl (C=O) groups excluding carboxylic acids is 11. The summed E-state index contributed by atoms with van der Waals surface area (Å²) in [5, 5.41) is 16.2. The van der Waals surface area contributed by atoms with E-state index in [1.54, 1.807) is 48.5 Å². The summed E-state index contributed by atoms with van der Waals surface area (Å²) in [6, 6.07) is -10.8. The SMILES string of the molecule is CC[C@@H]1NC(=O)[C@@H]2[C@@H]([C@H](C)CCCCO)ON2C(=O)[C@H](C(C)C)N(C)C(=O)[C@H](CC(C)C)N(C)C(=O)[C@H](CC(C)C)N(C)C(=O)[C@@H](C)NC(=O)[C@H](C)CC(=O)[C@H](CC(C)C)N(C)C(=O)[C@H](C(C)C)CC(=O)[C@H]([C@@H](C)OCCCCN2CCOCC2)N(C)C(=O)[C@@H](C)N(C)C1=O. The number of morpholine rings is 1. The number of rotatable bonds is 21. The molecular formula is C70H124N10O15. The van der Waals surface area contributed by atoms with Gasteiger partial charge in [0.1, 0.15) is 48.4 Å². The highest BCUT2D eigenvalue weighted by atomic mass is 16.7. The van der Waals surface area contributed by atoms with Crippen LogP contribution in [0, 0.1) is 47.3 Å². The van der Waals surface area contributed by atoms with Gasteiger partial charge in [-0.1, -0.05) is 96.4 Å². The van der Waals surface area contributed by atoms with Crippen molar-refractivity contribution in [1.29, 1.82) is 0 Å². The van der Waals surface area contributed by atoms with E-state index in [-0.39, 0.29) is 75.4 Å². The van der Waals surface area contributed by atoms with E-state index in [1.165, 1.54) is 85.5 Å². The van der Waals surface area contributed by atoms with Gasteiger partial charge in [-0.05, 0) is 114 Å². The maximum absolute atomic E-state index is 15.2. The molecule has 0 radical (unpaired) electrons. The number of ether oxygens (including phenoxy) is 2. The highest BCUT2D eigenvalue weighted by molar-refractivity contribution is 6.00. The van der Waals surface area contributed by atoms with Crippen molar-refractivity contribution in [3.8, 4) is 0 Å². The number of nitrogens with one attached hydrogen (secondary N) is 2. The van der Waals surface area contributed by atoms with Crippen LogP contribution in [0.5, 0.6) is 0 Å². The van der Waals surface area contributed by atoms with E-state index >= 15 is 19.2 Å². The minimum absolute atomic E-state index is 0.0501. The smallest absolute Gasteiger partial charge is 0.270 e. The fourth-order valence-corrected chi connectivity index (χ4v) is 13.2. The standard InChI is InChI=1S/C70H124N10O15/c1-23-52-67(89)73(17)49(15)65(87)78(22)59(50(16)94-33-27-25-29-79-30-34-93-35-31-79)57(83)40-51(44(8)9)66(88)74(18)53(36-41(2)3)56(82)39-47(13)62(84)71-48(14)64(86)75(19)54(37-42(4)5)68(90)76(20)55(38-43(6)7)69(91)77(21)58(45(10)11)70(92)80-60(63(85)72-52)61(95-80)46(12)28-24-26-32-81/h41-55,58-61,81H,23-40H2,1-22H3,(H,71,84)(H,72,85)/t46-,47-,48-,49-,50-,51+,52+,53+,54+,55+,58+,59+,60+,61-/m1/s1. The summed E-state index contributed by atoms with van der Waals surface area (Å²) < 4.78 is 11.9. The Bertz CT molecular complexity index is 2560. The zero-order chi connectivity index (χ0) is 72.2. The zero-order valence-corrected chi connectivity index (χ0v) is 61.9. The molecule has 0 spiro atoms. The van der Waals surface area contributed by atoms with Gasteiger partial charge in [0.05, 0.1) is 25.4 Å². The molecule has 0 aromatic rings. The highest BCUT2D eigenvalue weighted by Crippen LogP contribution is 2.35. The molecule has 25 nitrogen and oxygen atoms in total. The molecular weight excluding hydrogens is 1220 g/mol. The fraction of sp³-hybridized carbons (Fsp3) is 0.843. The summed E-state index contributed by atoms with van der Waals surface area (Å²) >= 11 is 0. The van der Waals surface area contributed by atoms with Gasteiger partial charge in [0, 0.05) is 93.3 Å². The van der Waals surface area contributed by atoms with E-state index in [0.29, 0.717) is 38.9 Å². The monoisotopic (exact) mass is 1340 g/mol. The van der Waals surface area contributed by atoms with E-state index in [2.05, 4.69) is 15.5 Å². The Balaban J connectivity index is 2.28. The van der Waals surface area contributed by atoms with Crippen molar-refractivity contribution < 1.29 is 72.2 Å². The van der Waals surface area contributed by atoms with Crippen LogP contribution in [0.2, 0.25) is 0 Å². The van der Waals surface area contributed by atoms with Crippen LogP contribution in [0.25, 0.3) is 0 Å². The molecule has 3 saturated heterocycles. The number of likely N-dealkylation sites (N-methyl/N-ethyl adjacent to an activating group) is 6. The van der Waals surface area contributed by atoms with Crippen molar-refractivity contribution in [2.75, 3.05) is 88.3 Å². The number of hydroxylamine groups is 2. The largest absolute Gasteiger partial charge is 0.396 e. The van der Waals surface area contributed by atoms with Gasteiger partial charge in [0.2, 0.25) is 47.3 Å². The average Bonchev–Trinajstić information content (AvgIpc) is 0.756. The molecule has 0 aliphatic carbocycles. The summed E-state index contributed by atoms with van der Waals surface area (Å²) in [5.74, 6) is -10.2. The molecule has 3 fully saturated rings. The van der Waals surface area contributed by atoms with Crippen molar-refractivity contribution in [2.45, 2.75) is 248 Å². The summed E-state index contributed by atoms with van der Waals surface area (Å²) in [7, 11) is 8.80. The van der Waals surface area contributed by atoms with Crippen LogP contribution >= 0.6 is 0 Å². The molecule has 0 unspecified atom stereocenters. The molecule has 3 aliphatic rings. The molecule has 0 aromatic carbocycles. The summed E-state index contributed by atoms with van der Waals surface area (Å²) in [6.07, 6.45) is 1.17. The van der Waals surface area contributed by atoms with E-state index < -0.39 is 155 Å². The summed E-state index contributed by atoms with van der Waals surface area (Å²) in [5.41, 5.74) is 0. The Labute approximate surface area is 568 Å². The lowest BCUT2D eigenvalue weighted by Gasteiger charge is -2.50. The van der Waals surface area contributed by atoms with Gasteiger partial charge in [0.25, 0.3) is 5.91 Å². The molecule has 0 saturated carbocycles. The van der Waals surface area contributed by atoms with Crippen molar-refractivity contribution in [3.63, 3.8) is 0 Å².